The number of aromatic nitrogens is 2. The first-order valence-electron chi connectivity index (χ1n) is 8.28. The second-order valence-corrected chi connectivity index (χ2v) is 6.14. The summed E-state index contributed by atoms with van der Waals surface area (Å²) >= 11 is 0. The van der Waals surface area contributed by atoms with Crippen LogP contribution in [0, 0.1) is 0 Å². The van der Waals surface area contributed by atoms with E-state index in [9.17, 15) is 4.79 Å². The summed E-state index contributed by atoms with van der Waals surface area (Å²) in [6.07, 6.45) is 4.59. The fraction of sp³-hybridized carbons (Fsp3) is 0.263. The van der Waals surface area contributed by atoms with Crippen molar-refractivity contribution in [3.05, 3.63) is 72.2 Å². The van der Waals surface area contributed by atoms with Crippen LogP contribution in [-0.4, -0.2) is 32.8 Å². The Morgan fingerprint density at radius 3 is 2.88 bits per heavy atom. The molecule has 0 saturated carbocycles. The van der Waals surface area contributed by atoms with Gasteiger partial charge in [-0.3, -0.25) is 4.79 Å². The van der Waals surface area contributed by atoms with Crippen LogP contribution >= 0.6 is 0 Å². The molecule has 1 saturated heterocycles. The third-order valence-corrected chi connectivity index (χ3v) is 4.56. The van der Waals surface area contributed by atoms with Crippen molar-refractivity contribution in [3.63, 3.8) is 0 Å². The molecule has 24 heavy (non-hydrogen) atoms. The van der Waals surface area contributed by atoms with Gasteiger partial charge in [0.1, 0.15) is 5.65 Å². The van der Waals surface area contributed by atoms with Gasteiger partial charge in [-0.2, -0.15) is 0 Å². The first-order valence-corrected chi connectivity index (χ1v) is 8.28. The van der Waals surface area contributed by atoms with E-state index in [4.69, 9.17) is 0 Å². The summed E-state index contributed by atoms with van der Waals surface area (Å²) in [5, 5.41) is 3.41. The van der Waals surface area contributed by atoms with Crippen molar-refractivity contribution < 1.29 is 4.79 Å². The van der Waals surface area contributed by atoms with Crippen LogP contribution in [0.4, 0.5) is 0 Å². The Hall–Kier alpha value is -2.66. The van der Waals surface area contributed by atoms with E-state index in [-0.39, 0.29) is 11.9 Å². The second-order valence-electron chi connectivity index (χ2n) is 6.14. The van der Waals surface area contributed by atoms with Gasteiger partial charge in [0.05, 0.1) is 6.04 Å². The Balaban J connectivity index is 1.39. The van der Waals surface area contributed by atoms with Crippen LogP contribution in [0.25, 0.3) is 5.65 Å². The number of imidazole rings is 1. The number of nitrogens with zero attached hydrogens (tertiary/aromatic N) is 3. The summed E-state index contributed by atoms with van der Waals surface area (Å²) in [5.74, 6) is 0.191. The van der Waals surface area contributed by atoms with E-state index in [0.717, 1.165) is 24.3 Å². The van der Waals surface area contributed by atoms with E-state index in [1.54, 1.807) is 6.20 Å². The Morgan fingerprint density at radius 1 is 1.12 bits per heavy atom. The molecular formula is C19H20N4O. The van der Waals surface area contributed by atoms with Crippen molar-refractivity contribution in [2.24, 2.45) is 0 Å². The van der Waals surface area contributed by atoms with E-state index in [1.807, 2.05) is 45.8 Å². The molecule has 1 aromatic carbocycles. The highest BCUT2D eigenvalue weighted by molar-refractivity contribution is 5.83. The molecule has 122 valence electrons. The highest BCUT2D eigenvalue weighted by Gasteiger charge is 2.31. The Kier molecular flexibility index (Phi) is 4.01. The largest absolute Gasteiger partial charge is 0.337 e. The molecule has 3 heterocycles. The summed E-state index contributed by atoms with van der Waals surface area (Å²) in [4.78, 5) is 18.8. The molecule has 5 nitrogen and oxygen atoms in total. The van der Waals surface area contributed by atoms with Crippen LogP contribution in [-0.2, 0) is 17.9 Å². The molecule has 5 heteroatoms. The van der Waals surface area contributed by atoms with Crippen molar-refractivity contribution in [1.29, 1.82) is 0 Å². The number of pyridine rings is 1. The fourth-order valence-corrected chi connectivity index (χ4v) is 3.27. The number of carbonyl (C=O) groups excluding carboxylic acids is 1. The number of nitrogens with one attached hydrogen (secondary N) is 1. The minimum Gasteiger partial charge on any atom is -0.337 e. The zero-order valence-electron chi connectivity index (χ0n) is 13.4. The smallest absolute Gasteiger partial charge is 0.240 e. The Morgan fingerprint density at radius 2 is 2.00 bits per heavy atom. The topological polar surface area (TPSA) is 49.6 Å². The SMILES string of the molecule is O=C1C(NCc2cccc3nccn23)CCN1Cc1ccccc1. The van der Waals surface area contributed by atoms with E-state index in [1.165, 1.54) is 5.56 Å². The molecule has 1 amide bonds. The van der Waals surface area contributed by atoms with E-state index in [2.05, 4.69) is 28.5 Å². The molecule has 0 spiro atoms. The lowest BCUT2D eigenvalue weighted by Crippen LogP contribution is -2.37. The molecule has 3 aromatic rings. The van der Waals surface area contributed by atoms with E-state index in [0.29, 0.717) is 13.1 Å². The van der Waals surface area contributed by atoms with Crippen LogP contribution < -0.4 is 5.32 Å². The van der Waals surface area contributed by atoms with Crippen LogP contribution in [0.15, 0.2) is 60.9 Å². The van der Waals surface area contributed by atoms with Crippen LogP contribution in [0.3, 0.4) is 0 Å². The molecule has 2 aromatic heterocycles. The summed E-state index contributed by atoms with van der Waals surface area (Å²) in [6, 6.07) is 16.1. The van der Waals surface area contributed by atoms with Crippen molar-refractivity contribution in [1.82, 2.24) is 19.6 Å². The summed E-state index contributed by atoms with van der Waals surface area (Å²) in [6.45, 7) is 2.15. The lowest BCUT2D eigenvalue weighted by molar-refractivity contribution is -0.129. The summed E-state index contributed by atoms with van der Waals surface area (Å²) in [5.41, 5.74) is 3.21. The normalized spacial score (nSPS) is 17.8. The number of hydrogen-bond acceptors (Lipinski definition) is 3. The number of benzene rings is 1. The molecule has 1 aliphatic heterocycles. The molecule has 1 fully saturated rings. The second kappa shape index (κ2) is 6.45. The average molecular weight is 320 g/mol. The maximum atomic E-state index is 12.6. The minimum absolute atomic E-state index is 0.104. The average Bonchev–Trinajstić information content (AvgIpc) is 3.22. The quantitative estimate of drug-likeness (QED) is 0.784. The summed E-state index contributed by atoms with van der Waals surface area (Å²) < 4.78 is 2.05. The maximum absolute atomic E-state index is 12.6. The molecule has 1 N–H and O–H groups in total. The van der Waals surface area contributed by atoms with Gasteiger partial charge < -0.3 is 14.6 Å². The number of amides is 1. The monoisotopic (exact) mass is 320 g/mol. The van der Waals surface area contributed by atoms with Gasteiger partial charge in [-0.25, -0.2) is 4.98 Å². The Bertz CT molecular complexity index is 843. The first-order chi connectivity index (χ1) is 11.8. The molecule has 4 rings (SSSR count). The van der Waals surface area contributed by atoms with Gasteiger partial charge in [0.2, 0.25) is 5.91 Å². The number of rotatable bonds is 5. The number of hydrogen-bond donors (Lipinski definition) is 1. The molecule has 1 aliphatic rings. The highest BCUT2D eigenvalue weighted by Crippen LogP contribution is 2.16. The molecule has 0 aliphatic carbocycles. The highest BCUT2D eigenvalue weighted by atomic mass is 16.2. The predicted molar refractivity (Wildman–Crippen MR) is 92.3 cm³/mol. The van der Waals surface area contributed by atoms with Gasteiger partial charge in [-0.15, -0.1) is 0 Å². The van der Waals surface area contributed by atoms with Crippen molar-refractivity contribution in [3.8, 4) is 0 Å². The first kappa shape index (κ1) is 14.9. The minimum atomic E-state index is -0.104. The van der Waals surface area contributed by atoms with Gasteiger partial charge in [-0.05, 0) is 24.1 Å². The van der Waals surface area contributed by atoms with E-state index >= 15 is 0 Å². The van der Waals surface area contributed by atoms with Crippen LogP contribution in [0.1, 0.15) is 17.7 Å². The fourth-order valence-electron chi connectivity index (χ4n) is 3.27. The van der Waals surface area contributed by atoms with Crippen molar-refractivity contribution >= 4 is 11.6 Å². The standard InChI is InChI=1S/C19H20N4O/c24-19-17(9-11-22(19)14-15-5-2-1-3-6-15)21-13-16-7-4-8-18-20-10-12-23(16)18/h1-8,10,12,17,21H,9,11,13-14H2. The molecule has 1 unspecified atom stereocenters. The number of likely N-dealkylation sites (tertiary alicyclic amines) is 1. The van der Waals surface area contributed by atoms with Crippen LogP contribution in [0.2, 0.25) is 0 Å². The molecular weight excluding hydrogens is 300 g/mol. The molecule has 1 atom stereocenters. The summed E-state index contributed by atoms with van der Waals surface area (Å²) in [7, 11) is 0. The van der Waals surface area contributed by atoms with E-state index < -0.39 is 0 Å². The zero-order chi connectivity index (χ0) is 16.4. The van der Waals surface area contributed by atoms with Gasteiger partial charge in [0.15, 0.2) is 0 Å². The van der Waals surface area contributed by atoms with Gasteiger partial charge in [0.25, 0.3) is 0 Å². The molecule has 0 radical (unpaired) electrons. The maximum Gasteiger partial charge on any atom is 0.240 e. The third-order valence-electron chi connectivity index (χ3n) is 4.56. The van der Waals surface area contributed by atoms with Crippen molar-refractivity contribution in [2.75, 3.05) is 6.54 Å². The Labute approximate surface area is 140 Å². The van der Waals surface area contributed by atoms with Crippen molar-refractivity contribution in [2.45, 2.75) is 25.6 Å². The van der Waals surface area contributed by atoms with Gasteiger partial charge in [0, 0.05) is 37.7 Å². The zero-order valence-corrected chi connectivity index (χ0v) is 13.4. The number of fused-ring (bicyclic) bond motifs is 1. The number of carbonyl (C=O) groups is 1. The van der Waals surface area contributed by atoms with Crippen LogP contribution in [0.5, 0.6) is 0 Å². The predicted octanol–water partition coefficient (Wildman–Crippen LogP) is 2.22. The molecule has 0 bridgehead atoms. The lowest BCUT2D eigenvalue weighted by atomic mass is 10.2. The lowest BCUT2D eigenvalue weighted by Gasteiger charge is -2.17. The van der Waals surface area contributed by atoms with Gasteiger partial charge in [-0.1, -0.05) is 36.4 Å². The third kappa shape index (κ3) is 2.90. The van der Waals surface area contributed by atoms with Gasteiger partial charge >= 0.3 is 0 Å².